The maximum Gasteiger partial charge on any atom is 0.243 e. The van der Waals surface area contributed by atoms with Crippen LogP contribution in [0.1, 0.15) is 0 Å². The number of hydrogen-bond donors (Lipinski definition) is 0. The van der Waals surface area contributed by atoms with Gasteiger partial charge in [0.05, 0.1) is 17.5 Å². The number of methoxy groups -OCH3 is 1. The van der Waals surface area contributed by atoms with E-state index in [2.05, 4.69) is 23.1 Å². The molecule has 5 rings (SSSR count). The lowest BCUT2D eigenvalue weighted by atomic mass is 10.0. The van der Waals surface area contributed by atoms with E-state index in [0.29, 0.717) is 31.1 Å². The molecule has 0 unspecified atom stereocenters. The lowest BCUT2D eigenvalue weighted by molar-refractivity contribution is 0.384. The van der Waals surface area contributed by atoms with Crippen LogP contribution in [0.2, 0.25) is 0 Å². The second-order valence-electron chi connectivity index (χ2n) is 7.98. The molecule has 0 atom stereocenters. The monoisotopic (exact) mass is 459 g/mol. The highest BCUT2D eigenvalue weighted by Crippen LogP contribution is 2.33. The highest BCUT2D eigenvalue weighted by molar-refractivity contribution is 7.89. The molecule has 1 aliphatic heterocycles. The molecule has 0 aliphatic carbocycles. The molecule has 1 saturated heterocycles. The Morgan fingerprint density at radius 3 is 2.15 bits per heavy atom. The minimum Gasteiger partial charge on any atom is -0.497 e. The zero-order valence-corrected chi connectivity index (χ0v) is 19.2. The third-order valence-corrected chi connectivity index (χ3v) is 7.94. The fraction of sp³-hybridized carbons (Fsp3) is 0.192. The van der Waals surface area contributed by atoms with Gasteiger partial charge in [-0.3, -0.25) is 0 Å². The van der Waals surface area contributed by atoms with Crippen LogP contribution in [0.15, 0.2) is 89.8 Å². The average Bonchev–Trinajstić information content (AvgIpc) is 2.88. The van der Waals surface area contributed by atoms with Crippen LogP contribution in [0.4, 0.5) is 5.82 Å². The fourth-order valence-electron chi connectivity index (χ4n) is 4.24. The molecule has 0 N–H and O–H groups in total. The first-order valence-corrected chi connectivity index (χ1v) is 12.3. The topological polar surface area (TPSA) is 62.7 Å². The van der Waals surface area contributed by atoms with Gasteiger partial charge in [0.1, 0.15) is 11.6 Å². The van der Waals surface area contributed by atoms with Crippen molar-refractivity contribution in [3.05, 3.63) is 84.9 Å². The summed E-state index contributed by atoms with van der Waals surface area (Å²) in [7, 11) is -1.84. The molecule has 33 heavy (non-hydrogen) atoms. The number of ether oxygens (including phenoxy) is 1. The number of fused-ring (bicyclic) bond motifs is 1. The second-order valence-corrected chi connectivity index (χ2v) is 9.92. The molecule has 1 aromatic heterocycles. The Morgan fingerprint density at radius 1 is 0.818 bits per heavy atom. The summed E-state index contributed by atoms with van der Waals surface area (Å²) in [6.45, 7) is 1.97. The molecule has 1 aliphatic rings. The average molecular weight is 460 g/mol. The van der Waals surface area contributed by atoms with Crippen molar-refractivity contribution in [2.24, 2.45) is 0 Å². The molecule has 1 fully saturated rings. The molecule has 168 valence electrons. The highest BCUT2D eigenvalue weighted by Gasteiger charge is 2.29. The molecule has 4 aromatic rings. The first kappa shape index (κ1) is 21.4. The van der Waals surface area contributed by atoms with Crippen LogP contribution in [0.3, 0.4) is 0 Å². The number of hydrogen-bond acceptors (Lipinski definition) is 5. The van der Waals surface area contributed by atoms with Gasteiger partial charge in [-0.25, -0.2) is 13.4 Å². The van der Waals surface area contributed by atoms with Crippen molar-refractivity contribution in [1.29, 1.82) is 0 Å². The van der Waals surface area contributed by atoms with E-state index in [0.717, 1.165) is 33.6 Å². The first-order chi connectivity index (χ1) is 16.1. The highest BCUT2D eigenvalue weighted by atomic mass is 32.2. The Labute approximate surface area is 194 Å². The van der Waals surface area contributed by atoms with E-state index in [4.69, 9.17) is 9.72 Å². The Morgan fingerprint density at radius 2 is 1.48 bits per heavy atom. The molecule has 0 spiro atoms. The van der Waals surface area contributed by atoms with Crippen LogP contribution in [0, 0.1) is 0 Å². The second kappa shape index (κ2) is 8.84. The molecule has 2 heterocycles. The van der Waals surface area contributed by atoms with E-state index in [9.17, 15) is 8.42 Å². The van der Waals surface area contributed by atoms with Crippen LogP contribution in [0.5, 0.6) is 5.75 Å². The number of nitrogens with zero attached hydrogens (tertiary/aromatic N) is 3. The van der Waals surface area contributed by atoms with Gasteiger partial charge in [-0.15, -0.1) is 0 Å². The van der Waals surface area contributed by atoms with Crippen LogP contribution in [-0.2, 0) is 10.0 Å². The van der Waals surface area contributed by atoms with Crippen LogP contribution in [0.25, 0.3) is 22.0 Å². The molecule has 0 amide bonds. The van der Waals surface area contributed by atoms with Gasteiger partial charge in [0.15, 0.2) is 0 Å². The Balaban J connectivity index is 1.47. The summed E-state index contributed by atoms with van der Waals surface area (Å²) in [5, 5.41) is 1.05. The van der Waals surface area contributed by atoms with Crippen LogP contribution >= 0.6 is 0 Å². The lowest BCUT2D eigenvalue weighted by Crippen LogP contribution is -2.48. The van der Waals surface area contributed by atoms with Crippen LogP contribution < -0.4 is 9.64 Å². The summed E-state index contributed by atoms with van der Waals surface area (Å²) in [5.74, 6) is 1.59. The van der Waals surface area contributed by atoms with Gasteiger partial charge in [0.25, 0.3) is 0 Å². The minimum atomic E-state index is -3.49. The zero-order valence-electron chi connectivity index (χ0n) is 18.4. The number of rotatable bonds is 5. The molecule has 3 aromatic carbocycles. The third-order valence-electron chi connectivity index (χ3n) is 6.03. The number of anilines is 1. The summed E-state index contributed by atoms with van der Waals surface area (Å²) in [6, 6.07) is 26.9. The summed E-state index contributed by atoms with van der Waals surface area (Å²) < 4.78 is 33.0. The van der Waals surface area contributed by atoms with E-state index in [1.807, 2.05) is 42.5 Å². The standard InChI is InChI=1S/C26H25N3O3S/c1-32-21-12-13-23-24(20-8-4-2-5-9-20)19-26(27-25(23)18-21)28-14-16-29(17-15-28)33(30,31)22-10-6-3-7-11-22/h2-13,18-19H,14-17H2,1H3. The van der Waals surface area contributed by atoms with Gasteiger partial charge in [-0.2, -0.15) is 4.31 Å². The van der Waals surface area contributed by atoms with E-state index >= 15 is 0 Å². The molecule has 0 radical (unpaired) electrons. The summed E-state index contributed by atoms with van der Waals surface area (Å²) in [5.41, 5.74) is 3.06. The lowest BCUT2D eigenvalue weighted by Gasteiger charge is -2.35. The van der Waals surface area contributed by atoms with Gasteiger partial charge < -0.3 is 9.64 Å². The van der Waals surface area contributed by atoms with Crippen molar-refractivity contribution in [1.82, 2.24) is 9.29 Å². The zero-order chi connectivity index (χ0) is 22.8. The van der Waals surface area contributed by atoms with Gasteiger partial charge >= 0.3 is 0 Å². The molecule has 6 nitrogen and oxygen atoms in total. The number of sulfonamides is 1. The molecule has 0 saturated carbocycles. The van der Waals surface area contributed by atoms with Crippen molar-refractivity contribution < 1.29 is 13.2 Å². The summed E-state index contributed by atoms with van der Waals surface area (Å²) in [6.07, 6.45) is 0. The number of pyridine rings is 1. The summed E-state index contributed by atoms with van der Waals surface area (Å²) >= 11 is 0. The normalized spacial score (nSPS) is 15.0. The third kappa shape index (κ3) is 4.17. The maximum atomic E-state index is 13.0. The van der Waals surface area contributed by atoms with Crippen molar-refractivity contribution >= 4 is 26.7 Å². The van der Waals surface area contributed by atoms with Gasteiger partial charge in [0, 0.05) is 37.6 Å². The maximum absolute atomic E-state index is 13.0. The van der Waals surface area contributed by atoms with E-state index in [-0.39, 0.29) is 0 Å². The summed E-state index contributed by atoms with van der Waals surface area (Å²) in [4.78, 5) is 7.41. The van der Waals surface area contributed by atoms with E-state index in [1.54, 1.807) is 35.7 Å². The predicted molar refractivity (Wildman–Crippen MR) is 131 cm³/mol. The Bertz CT molecular complexity index is 1370. The van der Waals surface area contributed by atoms with Gasteiger partial charge in [0.2, 0.25) is 10.0 Å². The van der Waals surface area contributed by atoms with Crippen molar-refractivity contribution in [3.63, 3.8) is 0 Å². The molecule has 0 bridgehead atoms. The molecular weight excluding hydrogens is 434 g/mol. The van der Waals surface area contributed by atoms with Crippen molar-refractivity contribution in [3.8, 4) is 16.9 Å². The minimum absolute atomic E-state index is 0.334. The largest absolute Gasteiger partial charge is 0.497 e. The molecule has 7 heteroatoms. The van der Waals surface area contributed by atoms with Crippen molar-refractivity contribution in [2.75, 3.05) is 38.2 Å². The predicted octanol–water partition coefficient (Wildman–Crippen LogP) is 4.42. The number of aromatic nitrogens is 1. The van der Waals surface area contributed by atoms with Crippen molar-refractivity contribution in [2.45, 2.75) is 4.90 Å². The van der Waals surface area contributed by atoms with Gasteiger partial charge in [-0.05, 0) is 41.5 Å². The first-order valence-electron chi connectivity index (χ1n) is 10.9. The smallest absolute Gasteiger partial charge is 0.243 e. The van der Waals surface area contributed by atoms with Crippen LogP contribution in [-0.4, -0.2) is 51.0 Å². The quantitative estimate of drug-likeness (QED) is 0.442. The SMILES string of the molecule is COc1ccc2c(-c3ccccc3)cc(N3CCN(S(=O)(=O)c4ccccc4)CC3)nc2c1. The Kier molecular flexibility index (Phi) is 5.74. The Hall–Kier alpha value is -3.42. The fourth-order valence-corrected chi connectivity index (χ4v) is 5.68. The van der Waals surface area contributed by atoms with E-state index in [1.165, 1.54) is 0 Å². The van der Waals surface area contributed by atoms with Gasteiger partial charge in [-0.1, -0.05) is 48.5 Å². The molecular formula is C26H25N3O3S. The number of piperazine rings is 1. The number of benzene rings is 3. The van der Waals surface area contributed by atoms with E-state index < -0.39 is 10.0 Å².